The number of hydrogen-bond donors (Lipinski definition) is 1. The number of carbonyl (C=O) groups is 1. The third-order valence-electron chi connectivity index (χ3n) is 4.28. The molecule has 0 radical (unpaired) electrons. The molecule has 0 aromatic heterocycles. The van der Waals surface area contributed by atoms with Crippen LogP contribution in [0.3, 0.4) is 0 Å². The topological polar surface area (TPSA) is 56.1 Å². The van der Waals surface area contributed by atoms with Crippen LogP contribution in [0.15, 0.2) is 18.2 Å². The van der Waals surface area contributed by atoms with E-state index in [9.17, 15) is 14.4 Å². The van der Waals surface area contributed by atoms with Crippen LogP contribution >= 0.6 is 11.6 Å². The minimum Gasteiger partial charge on any atom is -0.336 e. The zero-order valence-corrected chi connectivity index (χ0v) is 14.9. The molecule has 6 heteroatoms. The molecular weight excluding hydrogens is 317 g/mol. The van der Waals surface area contributed by atoms with Crippen molar-refractivity contribution in [3.8, 4) is 6.07 Å². The highest BCUT2D eigenvalue weighted by molar-refractivity contribution is 6.31. The average molecular weight is 340 g/mol. The number of halogens is 2. The van der Waals surface area contributed by atoms with Gasteiger partial charge in [-0.1, -0.05) is 31.5 Å². The average Bonchev–Trinajstić information content (AvgIpc) is 2.49. The molecule has 0 aliphatic carbocycles. The monoisotopic (exact) mass is 339 g/mol. The van der Waals surface area contributed by atoms with E-state index in [2.05, 4.69) is 11.4 Å². The number of nitrogens with zero attached hydrogens (tertiary/aromatic N) is 2. The maximum Gasteiger partial charge on any atom is 0.238 e. The number of rotatable bonds is 6. The number of benzene rings is 1. The van der Waals surface area contributed by atoms with Gasteiger partial charge in [-0.3, -0.25) is 9.69 Å². The molecule has 2 atom stereocenters. The summed E-state index contributed by atoms with van der Waals surface area (Å²) >= 11 is 6.02. The number of carbonyl (C=O) groups excluding carboxylic acids is 1. The fourth-order valence-electron chi connectivity index (χ4n) is 1.93. The lowest BCUT2D eigenvalue weighted by Crippen LogP contribution is -2.54. The van der Waals surface area contributed by atoms with Crippen LogP contribution in [0, 0.1) is 23.1 Å². The fourth-order valence-corrected chi connectivity index (χ4v) is 2.15. The van der Waals surface area contributed by atoms with E-state index in [1.54, 1.807) is 31.9 Å². The summed E-state index contributed by atoms with van der Waals surface area (Å²) in [7, 11) is 1.71. The van der Waals surface area contributed by atoms with Crippen molar-refractivity contribution in [1.29, 1.82) is 5.26 Å². The first-order chi connectivity index (χ1) is 10.6. The van der Waals surface area contributed by atoms with Crippen molar-refractivity contribution in [1.82, 2.24) is 10.2 Å². The van der Waals surface area contributed by atoms with Crippen LogP contribution in [0.4, 0.5) is 4.39 Å². The Hall–Kier alpha value is -1.64. The second kappa shape index (κ2) is 7.76. The number of nitriles is 1. The lowest BCUT2D eigenvalue weighted by Gasteiger charge is -2.31. The minimum absolute atomic E-state index is 0.0324. The van der Waals surface area contributed by atoms with Crippen LogP contribution < -0.4 is 5.32 Å². The molecule has 1 aromatic rings. The molecule has 0 aliphatic rings. The van der Waals surface area contributed by atoms with Crippen molar-refractivity contribution in [2.75, 3.05) is 7.05 Å². The molecule has 0 saturated heterocycles. The maximum atomic E-state index is 13.9. The van der Waals surface area contributed by atoms with Gasteiger partial charge in [0, 0.05) is 17.1 Å². The number of likely N-dealkylation sites (N-methyl/N-ethyl adjacent to an activating group) is 1. The Balaban J connectivity index is 2.83. The van der Waals surface area contributed by atoms with Crippen LogP contribution in [-0.2, 0) is 11.3 Å². The molecule has 1 aromatic carbocycles. The van der Waals surface area contributed by atoms with Gasteiger partial charge in [0.15, 0.2) is 0 Å². The van der Waals surface area contributed by atoms with E-state index >= 15 is 0 Å². The van der Waals surface area contributed by atoms with Crippen LogP contribution in [-0.4, -0.2) is 29.4 Å². The summed E-state index contributed by atoms with van der Waals surface area (Å²) < 4.78 is 13.9. The highest BCUT2D eigenvalue weighted by atomic mass is 35.5. The van der Waals surface area contributed by atoms with E-state index in [0.29, 0.717) is 10.6 Å². The van der Waals surface area contributed by atoms with Gasteiger partial charge in [0.2, 0.25) is 5.91 Å². The normalized spacial score (nSPS) is 15.1. The van der Waals surface area contributed by atoms with Gasteiger partial charge < -0.3 is 5.32 Å². The highest BCUT2D eigenvalue weighted by Gasteiger charge is 2.32. The van der Waals surface area contributed by atoms with Crippen molar-refractivity contribution < 1.29 is 9.18 Å². The maximum absolute atomic E-state index is 13.9. The largest absolute Gasteiger partial charge is 0.336 e. The molecule has 0 bridgehead atoms. The predicted octanol–water partition coefficient (Wildman–Crippen LogP) is 3.35. The first-order valence-electron chi connectivity index (χ1n) is 7.48. The molecule has 0 saturated carbocycles. The third kappa shape index (κ3) is 4.66. The van der Waals surface area contributed by atoms with Crippen LogP contribution in [0.25, 0.3) is 0 Å². The number of amides is 1. The first-order valence-corrected chi connectivity index (χ1v) is 7.86. The van der Waals surface area contributed by atoms with E-state index in [1.807, 2.05) is 13.8 Å². The fraction of sp³-hybridized carbons (Fsp3) is 0.529. The molecule has 1 N–H and O–H groups in total. The number of hydrogen-bond acceptors (Lipinski definition) is 3. The Morgan fingerprint density at radius 2 is 2.09 bits per heavy atom. The van der Waals surface area contributed by atoms with Gasteiger partial charge in [0.25, 0.3) is 0 Å². The molecule has 0 spiro atoms. The summed E-state index contributed by atoms with van der Waals surface area (Å²) in [4.78, 5) is 14.1. The van der Waals surface area contributed by atoms with Crippen molar-refractivity contribution in [3.05, 3.63) is 34.6 Å². The third-order valence-corrected chi connectivity index (χ3v) is 4.63. The van der Waals surface area contributed by atoms with Crippen molar-refractivity contribution in [3.63, 3.8) is 0 Å². The molecule has 0 unspecified atom stereocenters. The SMILES string of the molecule is CC(C)[C@](C)(C#N)NC(=O)[C@@H](C)N(C)Cc1c(F)cccc1Cl. The van der Waals surface area contributed by atoms with Crippen molar-refractivity contribution in [2.24, 2.45) is 5.92 Å². The van der Waals surface area contributed by atoms with Crippen molar-refractivity contribution >= 4 is 17.5 Å². The Morgan fingerprint density at radius 1 is 1.48 bits per heavy atom. The predicted molar refractivity (Wildman–Crippen MR) is 89.3 cm³/mol. The molecule has 0 fully saturated rings. The molecule has 0 heterocycles. The van der Waals surface area contributed by atoms with Gasteiger partial charge in [-0.25, -0.2) is 4.39 Å². The Labute approximate surface area is 142 Å². The van der Waals surface area contributed by atoms with E-state index in [0.717, 1.165) is 0 Å². The van der Waals surface area contributed by atoms with Gasteiger partial charge >= 0.3 is 0 Å². The van der Waals surface area contributed by atoms with Crippen LogP contribution in [0.5, 0.6) is 0 Å². The quantitative estimate of drug-likeness (QED) is 0.864. The molecule has 0 aliphatic heterocycles. The Bertz CT molecular complexity index is 594. The lowest BCUT2D eigenvalue weighted by molar-refractivity contribution is -0.127. The van der Waals surface area contributed by atoms with E-state index in [1.165, 1.54) is 12.1 Å². The van der Waals surface area contributed by atoms with Gasteiger partial charge in [-0.15, -0.1) is 0 Å². The summed E-state index contributed by atoms with van der Waals surface area (Å²) in [5.41, 5.74) is -0.592. The second-order valence-corrected chi connectivity index (χ2v) is 6.66. The Morgan fingerprint density at radius 3 is 2.57 bits per heavy atom. The summed E-state index contributed by atoms with van der Waals surface area (Å²) in [5, 5.41) is 12.4. The summed E-state index contributed by atoms with van der Waals surface area (Å²) in [6.07, 6.45) is 0. The second-order valence-electron chi connectivity index (χ2n) is 6.25. The number of nitrogens with one attached hydrogen (secondary N) is 1. The van der Waals surface area contributed by atoms with E-state index in [-0.39, 0.29) is 18.4 Å². The molecule has 1 rings (SSSR count). The molecule has 4 nitrogen and oxygen atoms in total. The molecule has 23 heavy (non-hydrogen) atoms. The van der Waals surface area contributed by atoms with E-state index < -0.39 is 17.4 Å². The summed E-state index contributed by atoms with van der Waals surface area (Å²) in [6, 6.07) is 6.10. The van der Waals surface area contributed by atoms with Gasteiger partial charge in [-0.05, 0) is 38.9 Å². The first kappa shape index (κ1) is 19.4. The lowest BCUT2D eigenvalue weighted by atomic mass is 9.90. The van der Waals surface area contributed by atoms with Crippen LogP contribution in [0.1, 0.15) is 33.3 Å². The molecule has 126 valence electrons. The highest BCUT2D eigenvalue weighted by Crippen LogP contribution is 2.21. The van der Waals surface area contributed by atoms with Gasteiger partial charge in [0.1, 0.15) is 11.4 Å². The van der Waals surface area contributed by atoms with Crippen molar-refractivity contribution in [2.45, 2.75) is 45.8 Å². The van der Waals surface area contributed by atoms with Crippen LogP contribution in [0.2, 0.25) is 5.02 Å². The van der Waals surface area contributed by atoms with Gasteiger partial charge in [-0.2, -0.15) is 5.26 Å². The standard InChI is InChI=1S/C17H23ClFN3O/c1-11(2)17(4,10-20)21-16(23)12(3)22(5)9-13-14(18)7-6-8-15(13)19/h6-8,11-12H,9H2,1-5H3,(H,21,23)/t12-,17+/m1/s1. The molecular formula is C17H23ClFN3O. The Kier molecular flexibility index (Phi) is 6.55. The zero-order valence-electron chi connectivity index (χ0n) is 14.2. The summed E-state index contributed by atoms with van der Waals surface area (Å²) in [6.45, 7) is 7.34. The van der Waals surface area contributed by atoms with Gasteiger partial charge in [0.05, 0.1) is 12.1 Å². The zero-order chi connectivity index (χ0) is 17.8. The minimum atomic E-state index is -0.943. The molecule has 1 amide bonds. The van der Waals surface area contributed by atoms with E-state index in [4.69, 9.17) is 11.6 Å². The summed E-state index contributed by atoms with van der Waals surface area (Å²) in [5.74, 6) is -0.714. The smallest absolute Gasteiger partial charge is 0.238 e.